The summed E-state index contributed by atoms with van der Waals surface area (Å²) in [4.78, 5) is 8.66. The molecule has 4 N–H and O–H groups in total. The molecule has 0 saturated heterocycles. The zero-order chi connectivity index (χ0) is 16.4. The van der Waals surface area contributed by atoms with Gasteiger partial charge in [-0.1, -0.05) is 12.1 Å². The molecule has 0 spiro atoms. The Labute approximate surface area is 135 Å². The minimum Gasteiger partial charge on any atom is -0.480 e. The molecule has 1 aromatic heterocycles. The predicted molar refractivity (Wildman–Crippen MR) is 87.0 cm³/mol. The number of aliphatic hydroxyl groups excluding tert-OH is 2. The first kappa shape index (κ1) is 16.1. The molecule has 6 nitrogen and oxygen atoms in total. The summed E-state index contributed by atoms with van der Waals surface area (Å²) in [5, 5.41) is 21.3. The normalized spacial score (nSPS) is 24.3. The van der Waals surface area contributed by atoms with E-state index in [2.05, 4.69) is 9.97 Å². The molecule has 0 amide bonds. The zero-order valence-corrected chi connectivity index (χ0v) is 13.2. The predicted octanol–water partition coefficient (Wildman–Crippen LogP) is 1.55. The summed E-state index contributed by atoms with van der Waals surface area (Å²) in [6.45, 7) is 0. The third kappa shape index (κ3) is 3.29. The van der Waals surface area contributed by atoms with Crippen molar-refractivity contribution >= 4 is 11.0 Å². The van der Waals surface area contributed by atoms with E-state index in [0.29, 0.717) is 22.5 Å². The molecule has 0 aliphatic heterocycles. The summed E-state index contributed by atoms with van der Waals surface area (Å²) in [6.07, 6.45) is 3.14. The van der Waals surface area contributed by atoms with Crippen molar-refractivity contribution in [1.29, 1.82) is 0 Å². The fourth-order valence-electron chi connectivity index (χ4n) is 3.30. The summed E-state index contributed by atoms with van der Waals surface area (Å²) in [5.41, 5.74) is 7.72. The second-order valence-corrected chi connectivity index (χ2v) is 6.24. The number of fused-ring (bicyclic) bond motifs is 1. The lowest BCUT2D eigenvalue weighted by Gasteiger charge is -2.32. The molecule has 1 heterocycles. The summed E-state index contributed by atoms with van der Waals surface area (Å²) in [7, 11) is 1.52. The Morgan fingerprint density at radius 1 is 1.22 bits per heavy atom. The van der Waals surface area contributed by atoms with Gasteiger partial charge in [0.25, 0.3) is 0 Å². The fourth-order valence-corrected chi connectivity index (χ4v) is 3.30. The molecular weight excluding hydrogens is 294 g/mol. The van der Waals surface area contributed by atoms with Crippen LogP contribution in [-0.4, -0.2) is 39.4 Å². The molecule has 0 radical (unpaired) electrons. The quantitative estimate of drug-likeness (QED) is 0.791. The number of aliphatic hydroxyl groups is 2. The van der Waals surface area contributed by atoms with Crippen molar-refractivity contribution in [3.05, 3.63) is 30.0 Å². The average molecular weight is 317 g/mol. The Bertz CT molecular complexity index is 671. The Morgan fingerprint density at radius 3 is 2.65 bits per heavy atom. The number of ether oxygens (including phenoxy) is 1. The molecular formula is C17H23N3O3. The van der Waals surface area contributed by atoms with Gasteiger partial charge in [-0.15, -0.1) is 0 Å². The average Bonchev–Trinajstić information content (AvgIpc) is 2.60. The topological polar surface area (TPSA) is 101 Å². The molecule has 2 atom stereocenters. The number of hydrogen-bond donors (Lipinski definition) is 3. The van der Waals surface area contributed by atoms with Gasteiger partial charge < -0.3 is 20.7 Å². The van der Waals surface area contributed by atoms with Crippen LogP contribution in [0.15, 0.2) is 24.4 Å². The van der Waals surface area contributed by atoms with Crippen molar-refractivity contribution in [2.45, 2.75) is 43.9 Å². The first-order valence-corrected chi connectivity index (χ1v) is 8.01. The number of para-hydroxylation sites is 1. The van der Waals surface area contributed by atoms with E-state index in [1.165, 1.54) is 13.3 Å². The van der Waals surface area contributed by atoms with Gasteiger partial charge >= 0.3 is 0 Å². The second-order valence-electron chi connectivity index (χ2n) is 6.24. The minimum absolute atomic E-state index is 0.0543. The van der Waals surface area contributed by atoms with Crippen LogP contribution in [0.2, 0.25) is 0 Å². The third-order valence-corrected chi connectivity index (χ3v) is 4.73. The Balaban J connectivity index is 1.89. The summed E-state index contributed by atoms with van der Waals surface area (Å²) < 4.78 is 5.11. The summed E-state index contributed by atoms with van der Waals surface area (Å²) >= 11 is 0. The molecule has 1 saturated carbocycles. The SMILES string of the molecule is COc1cnc2cccc([C@@H](O)[C@H](O)[C@H]3CC[C@H](N)CC3)c2n1. The van der Waals surface area contributed by atoms with Gasteiger partial charge in [0.1, 0.15) is 6.10 Å². The van der Waals surface area contributed by atoms with Gasteiger partial charge in [-0.3, -0.25) is 0 Å². The summed E-state index contributed by atoms with van der Waals surface area (Å²) in [5.74, 6) is 0.439. The van der Waals surface area contributed by atoms with E-state index in [4.69, 9.17) is 10.5 Å². The molecule has 6 heteroatoms. The highest BCUT2D eigenvalue weighted by Gasteiger charge is 2.31. The van der Waals surface area contributed by atoms with Crippen LogP contribution in [0.1, 0.15) is 37.4 Å². The van der Waals surface area contributed by atoms with E-state index < -0.39 is 12.2 Å². The standard InChI is InChI=1S/C17H23N3O3/c1-23-14-9-19-13-4-2-3-12(15(13)20-14)17(22)16(21)10-5-7-11(18)8-6-10/h2-4,9-11,16-17,21-22H,5-8,18H2,1H3/t10-,11-,16-,17-/m1/s1. The van der Waals surface area contributed by atoms with Crippen LogP contribution in [0.3, 0.4) is 0 Å². The van der Waals surface area contributed by atoms with Crippen molar-refractivity contribution < 1.29 is 14.9 Å². The minimum atomic E-state index is -1.00. The van der Waals surface area contributed by atoms with E-state index in [9.17, 15) is 10.2 Å². The molecule has 23 heavy (non-hydrogen) atoms. The number of nitrogens with zero attached hydrogens (tertiary/aromatic N) is 2. The molecule has 0 bridgehead atoms. The highest BCUT2D eigenvalue weighted by molar-refractivity contribution is 5.78. The zero-order valence-electron chi connectivity index (χ0n) is 13.2. The molecule has 1 fully saturated rings. The number of hydrogen-bond acceptors (Lipinski definition) is 6. The van der Waals surface area contributed by atoms with E-state index in [0.717, 1.165) is 25.7 Å². The molecule has 1 aliphatic rings. The van der Waals surface area contributed by atoms with E-state index in [1.54, 1.807) is 6.07 Å². The number of benzene rings is 1. The van der Waals surface area contributed by atoms with E-state index >= 15 is 0 Å². The molecule has 1 aromatic carbocycles. The third-order valence-electron chi connectivity index (χ3n) is 4.73. The van der Waals surface area contributed by atoms with Gasteiger partial charge in [0.15, 0.2) is 0 Å². The first-order valence-electron chi connectivity index (χ1n) is 8.01. The highest BCUT2D eigenvalue weighted by atomic mass is 16.5. The molecule has 2 aromatic rings. The Morgan fingerprint density at radius 2 is 1.96 bits per heavy atom. The molecule has 1 aliphatic carbocycles. The lowest BCUT2D eigenvalue weighted by molar-refractivity contribution is -0.0291. The number of rotatable bonds is 4. The van der Waals surface area contributed by atoms with Gasteiger partial charge in [-0.25, -0.2) is 9.97 Å². The maximum absolute atomic E-state index is 10.7. The van der Waals surface area contributed by atoms with Crippen LogP contribution in [0.25, 0.3) is 11.0 Å². The summed E-state index contributed by atoms with van der Waals surface area (Å²) in [6, 6.07) is 5.62. The number of methoxy groups -OCH3 is 1. The van der Waals surface area contributed by atoms with Crippen LogP contribution >= 0.6 is 0 Å². The van der Waals surface area contributed by atoms with E-state index in [1.807, 2.05) is 12.1 Å². The van der Waals surface area contributed by atoms with Crippen LogP contribution in [-0.2, 0) is 0 Å². The number of nitrogens with two attached hydrogens (primary N) is 1. The first-order chi connectivity index (χ1) is 11.1. The van der Waals surface area contributed by atoms with Crippen LogP contribution < -0.4 is 10.5 Å². The lowest BCUT2D eigenvalue weighted by atomic mass is 9.80. The highest BCUT2D eigenvalue weighted by Crippen LogP contribution is 2.34. The van der Waals surface area contributed by atoms with Crippen LogP contribution in [0.5, 0.6) is 5.88 Å². The Kier molecular flexibility index (Phi) is 4.75. The smallest absolute Gasteiger partial charge is 0.232 e. The van der Waals surface area contributed by atoms with E-state index in [-0.39, 0.29) is 12.0 Å². The number of aromatic nitrogens is 2. The van der Waals surface area contributed by atoms with Crippen LogP contribution in [0, 0.1) is 5.92 Å². The van der Waals surface area contributed by atoms with Crippen molar-refractivity contribution in [2.24, 2.45) is 11.7 Å². The van der Waals surface area contributed by atoms with Gasteiger partial charge in [0.05, 0.1) is 30.4 Å². The van der Waals surface area contributed by atoms with Gasteiger partial charge in [-0.2, -0.15) is 0 Å². The maximum Gasteiger partial charge on any atom is 0.232 e. The van der Waals surface area contributed by atoms with Gasteiger partial charge in [0.2, 0.25) is 5.88 Å². The molecule has 124 valence electrons. The van der Waals surface area contributed by atoms with Crippen LogP contribution in [0.4, 0.5) is 0 Å². The largest absolute Gasteiger partial charge is 0.480 e. The molecule has 3 rings (SSSR count). The lowest BCUT2D eigenvalue weighted by Crippen LogP contribution is -2.35. The second kappa shape index (κ2) is 6.78. The van der Waals surface area contributed by atoms with Gasteiger partial charge in [0, 0.05) is 11.6 Å². The van der Waals surface area contributed by atoms with Crippen molar-refractivity contribution in [2.75, 3.05) is 7.11 Å². The fraction of sp³-hybridized carbons (Fsp3) is 0.529. The Hall–Kier alpha value is -1.76. The van der Waals surface area contributed by atoms with Crippen molar-refractivity contribution in [3.8, 4) is 5.88 Å². The molecule has 0 unspecified atom stereocenters. The maximum atomic E-state index is 10.7. The van der Waals surface area contributed by atoms with Crippen molar-refractivity contribution in [1.82, 2.24) is 9.97 Å². The van der Waals surface area contributed by atoms with Gasteiger partial charge in [-0.05, 0) is 37.7 Å². The van der Waals surface area contributed by atoms with Crippen molar-refractivity contribution in [3.63, 3.8) is 0 Å². The monoisotopic (exact) mass is 317 g/mol.